The maximum Gasteiger partial charge on any atom is 0.261 e. The number of aliphatic hydroxyl groups is 1. The van der Waals surface area contributed by atoms with Crippen LogP contribution in [0, 0.1) is 0 Å². The van der Waals surface area contributed by atoms with Gasteiger partial charge in [-0.1, -0.05) is 43.7 Å². The van der Waals surface area contributed by atoms with Gasteiger partial charge in [-0.25, -0.2) is 4.98 Å². The molecule has 2 heterocycles. The number of unbranched alkanes of at least 4 members (excludes halogenated alkanes) is 1. The Balaban J connectivity index is 1.30. The van der Waals surface area contributed by atoms with Crippen LogP contribution >= 0.6 is 0 Å². The molecule has 8 nitrogen and oxygen atoms in total. The van der Waals surface area contributed by atoms with E-state index in [1.165, 1.54) is 10.9 Å². The molecule has 8 heteroatoms. The van der Waals surface area contributed by atoms with Crippen molar-refractivity contribution < 1.29 is 14.6 Å². The first-order chi connectivity index (χ1) is 18.0. The molecule has 2 N–H and O–H groups in total. The quantitative estimate of drug-likeness (QED) is 0.364. The summed E-state index contributed by atoms with van der Waals surface area (Å²) >= 11 is 0. The van der Waals surface area contributed by atoms with E-state index in [0.29, 0.717) is 62.8 Å². The number of anilines is 1. The number of rotatable bonds is 12. The second-order valence-corrected chi connectivity index (χ2v) is 9.89. The number of hydrogen-bond acceptors (Lipinski definition) is 6. The molecular formula is C29H38N4O4. The number of carbonyl (C=O) groups excluding carboxylic acids is 1. The lowest BCUT2D eigenvalue weighted by Gasteiger charge is -2.38. The van der Waals surface area contributed by atoms with Crippen LogP contribution in [0.3, 0.4) is 0 Å². The van der Waals surface area contributed by atoms with E-state index in [0.717, 1.165) is 30.7 Å². The molecule has 3 aromatic rings. The van der Waals surface area contributed by atoms with Crippen molar-refractivity contribution >= 4 is 22.5 Å². The van der Waals surface area contributed by atoms with Crippen LogP contribution in [0.15, 0.2) is 59.7 Å². The van der Waals surface area contributed by atoms with Gasteiger partial charge in [0, 0.05) is 38.3 Å². The Bertz CT molecular complexity index is 1220. The third-order valence-corrected chi connectivity index (χ3v) is 7.02. The number of nitrogens with zero attached hydrogens (tertiary/aromatic N) is 3. The minimum atomic E-state index is -1.05. The van der Waals surface area contributed by atoms with E-state index in [9.17, 15) is 14.7 Å². The molecule has 0 saturated carbocycles. The molecule has 1 amide bonds. The third kappa shape index (κ3) is 7.40. The Morgan fingerprint density at radius 2 is 1.92 bits per heavy atom. The summed E-state index contributed by atoms with van der Waals surface area (Å²) in [5.74, 6) is 0.104. The third-order valence-electron chi connectivity index (χ3n) is 7.02. The van der Waals surface area contributed by atoms with E-state index in [4.69, 9.17) is 4.74 Å². The topological polar surface area (TPSA) is 96.7 Å². The Labute approximate surface area is 218 Å². The molecule has 1 aliphatic rings. The normalized spacial score (nSPS) is 15.1. The van der Waals surface area contributed by atoms with Crippen molar-refractivity contribution in [2.45, 2.75) is 57.6 Å². The molecule has 4 rings (SSSR count). The van der Waals surface area contributed by atoms with Gasteiger partial charge in [0.25, 0.3) is 5.56 Å². The highest BCUT2D eigenvalue weighted by Gasteiger charge is 2.34. The Morgan fingerprint density at radius 1 is 1.14 bits per heavy atom. The van der Waals surface area contributed by atoms with Crippen LogP contribution in [0.25, 0.3) is 10.9 Å². The predicted octanol–water partition coefficient (Wildman–Crippen LogP) is 3.61. The molecule has 1 saturated heterocycles. The fourth-order valence-corrected chi connectivity index (χ4v) is 4.70. The lowest BCUT2D eigenvalue weighted by Crippen LogP contribution is -2.49. The van der Waals surface area contributed by atoms with E-state index in [2.05, 4.69) is 17.2 Å². The second kappa shape index (κ2) is 12.8. The Kier molecular flexibility index (Phi) is 9.30. The number of ether oxygens (including phenoxy) is 1. The smallest absolute Gasteiger partial charge is 0.261 e. The fraction of sp³-hybridized carbons (Fsp3) is 0.483. The molecule has 0 spiro atoms. The molecule has 0 atom stereocenters. The van der Waals surface area contributed by atoms with E-state index in [-0.39, 0.29) is 18.0 Å². The first-order valence-corrected chi connectivity index (χ1v) is 13.3. The van der Waals surface area contributed by atoms with Gasteiger partial charge in [0.15, 0.2) is 0 Å². The van der Waals surface area contributed by atoms with Crippen LogP contribution in [0.2, 0.25) is 0 Å². The van der Waals surface area contributed by atoms with E-state index in [1.807, 2.05) is 47.4 Å². The maximum atomic E-state index is 13.1. The number of piperidine rings is 1. The highest BCUT2D eigenvalue weighted by Crippen LogP contribution is 2.25. The fourth-order valence-electron chi connectivity index (χ4n) is 4.70. The number of benzene rings is 2. The highest BCUT2D eigenvalue weighted by molar-refractivity contribution is 5.81. The summed E-state index contributed by atoms with van der Waals surface area (Å²) in [5, 5.41) is 15.0. The minimum absolute atomic E-state index is 0.104. The molecule has 2 aromatic carbocycles. The average molecular weight is 507 g/mol. The number of amides is 1. The van der Waals surface area contributed by atoms with Crippen molar-refractivity contribution in [2.75, 3.05) is 38.2 Å². The lowest BCUT2D eigenvalue weighted by molar-refractivity contribution is -0.135. The largest absolute Gasteiger partial charge is 0.388 e. The SMILES string of the molecule is CCCCOCCNc1ccc2c(=O)n(CC3(O)CCN(C(=O)CCc4ccccc4)CC3)cnc2c1. The van der Waals surface area contributed by atoms with Gasteiger partial charge in [0.2, 0.25) is 5.91 Å². The number of aromatic nitrogens is 2. The molecule has 198 valence electrons. The van der Waals surface area contributed by atoms with Crippen LogP contribution in [0.1, 0.15) is 44.6 Å². The molecular weight excluding hydrogens is 468 g/mol. The summed E-state index contributed by atoms with van der Waals surface area (Å²) < 4.78 is 7.06. The summed E-state index contributed by atoms with van der Waals surface area (Å²) in [5.41, 5.74) is 1.43. The number of nitrogens with one attached hydrogen (secondary N) is 1. The van der Waals surface area contributed by atoms with Gasteiger partial charge in [-0.2, -0.15) is 0 Å². The molecule has 0 bridgehead atoms. The molecule has 0 radical (unpaired) electrons. The van der Waals surface area contributed by atoms with Crippen LogP contribution in [-0.4, -0.2) is 63.9 Å². The highest BCUT2D eigenvalue weighted by atomic mass is 16.5. The standard InChI is InChI=1S/C29H38N4O4/c1-2-3-18-37-19-15-30-24-10-11-25-26(20-24)31-22-33(28(25)35)21-29(36)13-16-32(17-14-29)27(34)12-9-23-7-5-4-6-8-23/h4-8,10-11,20,22,30,36H,2-3,9,12-19,21H2,1H3. The van der Waals surface area contributed by atoms with Crippen molar-refractivity contribution in [3.63, 3.8) is 0 Å². The zero-order valence-corrected chi connectivity index (χ0v) is 21.7. The Hall–Kier alpha value is -3.23. The van der Waals surface area contributed by atoms with E-state index >= 15 is 0 Å². The van der Waals surface area contributed by atoms with Crippen LogP contribution in [0.4, 0.5) is 5.69 Å². The summed E-state index contributed by atoms with van der Waals surface area (Å²) in [4.78, 5) is 32.1. The zero-order chi connectivity index (χ0) is 26.1. The second-order valence-electron chi connectivity index (χ2n) is 9.89. The Morgan fingerprint density at radius 3 is 2.68 bits per heavy atom. The average Bonchev–Trinajstić information content (AvgIpc) is 2.92. The predicted molar refractivity (Wildman–Crippen MR) is 146 cm³/mol. The number of hydrogen-bond donors (Lipinski definition) is 2. The molecule has 1 fully saturated rings. The number of aryl methyl sites for hydroxylation is 1. The lowest BCUT2D eigenvalue weighted by atomic mass is 9.91. The molecule has 0 unspecified atom stereocenters. The van der Waals surface area contributed by atoms with Gasteiger partial charge in [-0.05, 0) is 49.4 Å². The van der Waals surface area contributed by atoms with Crippen molar-refractivity contribution in [3.05, 3.63) is 70.8 Å². The van der Waals surface area contributed by atoms with Gasteiger partial charge in [-0.15, -0.1) is 0 Å². The first-order valence-electron chi connectivity index (χ1n) is 13.3. The summed E-state index contributed by atoms with van der Waals surface area (Å²) in [6.45, 7) is 5.35. The number of carbonyl (C=O) groups is 1. The van der Waals surface area contributed by atoms with Gasteiger partial charge in [0.05, 0.1) is 36.0 Å². The van der Waals surface area contributed by atoms with Gasteiger partial charge < -0.3 is 20.1 Å². The molecule has 1 aliphatic heterocycles. The van der Waals surface area contributed by atoms with E-state index in [1.54, 1.807) is 6.07 Å². The summed E-state index contributed by atoms with van der Waals surface area (Å²) in [6.07, 6.45) is 5.72. The first kappa shape index (κ1) is 26.8. The van der Waals surface area contributed by atoms with Crippen molar-refractivity contribution in [1.29, 1.82) is 0 Å². The summed E-state index contributed by atoms with van der Waals surface area (Å²) in [7, 11) is 0. The molecule has 1 aromatic heterocycles. The van der Waals surface area contributed by atoms with Gasteiger partial charge in [-0.3, -0.25) is 14.2 Å². The molecule has 37 heavy (non-hydrogen) atoms. The summed E-state index contributed by atoms with van der Waals surface area (Å²) in [6, 6.07) is 15.5. The van der Waals surface area contributed by atoms with Gasteiger partial charge in [0.1, 0.15) is 0 Å². The maximum absolute atomic E-state index is 13.1. The van der Waals surface area contributed by atoms with Crippen molar-refractivity contribution in [1.82, 2.24) is 14.5 Å². The van der Waals surface area contributed by atoms with Crippen LogP contribution in [0.5, 0.6) is 0 Å². The van der Waals surface area contributed by atoms with Gasteiger partial charge >= 0.3 is 0 Å². The van der Waals surface area contributed by atoms with Crippen LogP contribution < -0.4 is 10.9 Å². The van der Waals surface area contributed by atoms with Crippen molar-refractivity contribution in [2.24, 2.45) is 0 Å². The monoisotopic (exact) mass is 506 g/mol. The number of fused-ring (bicyclic) bond motifs is 1. The minimum Gasteiger partial charge on any atom is -0.388 e. The molecule has 0 aliphatic carbocycles. The number of likely N-dealkylation sites (tertiary alicyclic amines) is 1. The van der Waals surface area contributed by atoms with E-state index < -0.39 is 5.60 Å². The van der Waals surface area contributed by atoms with Crippen LogP contribution in [-0.2, 0) is 22.5 Å². The zero-order valence-electron chi connectivity index (χ0n) is 21.7. The van der Waals surface area contributed by atoms with Crippen molar-refractivity contribution in [3.8, 4) is 0 Å².